The number of carbonyl (C=O) groups excluding carboxylic acids is 1. The Morgan fingerprint density at radius 1 is 0.900 bits per heavy atom. The fourth-order valence-corrected chi connectivity index (χ4v) is 6.56. The molecule has 2 unspecified atom stereocenters. The minimum absolute atomic E-state index is 0.0361. The summed E-state index contributed by atoms with van der Waals surface area (Å²) in [5.74, 6) is 1.05. The van der Waals surface area contributed by atoms with Crippen molar-refractivity contribution in [3.8, 4) is 6.07 Å². The molecule has 0 N–H and O–H groups in total. The van der Waals surface area contributed by atoms with Gasteiger partial charge in [-0.1, -0.05) is 17.3 Å². The normalized spacial score (nSPS) is 25.6. The molecule has 214 valence electrons. The molecule has 8 nitrogen and oxygen atoms in total. The second-order valence-electron chi connectivity index (χ2n) is 11.9. The van der Waals surface area contributed by atoms with Crippen LogP contribution in [-0.2, 0) is 6.18 Å². The van der Waals surface area contributed by atoms with Crippen LogP contribution in [0.15, 0.2) is 28.8 Å². The molecule has 4 fully saturated rings. The van der Waals surface area contributed by atoms with E-state index in [9.17, 15) is 23.2 Å². The van der Waals surface area contributed by atoms with E-state index in [4.69, 9.17) is 9.51 Å². The highest BCUT2D eigenvalue weighted by Crippen LogP contribution is 2.39. The zero-order valence-electron chi connectivity index (χ0n) is 22.5. The highest BCUT2D eigenvalue weighted by Gasteiger charge is 2.39. The van der Waals surface area contributed by atoms with Crippen LogP contribution in [0.25, 0.3) is 0 Å². The van der Waals surface area contributed by atoms with Crippen molar-refractivity contribution < 1.29 is 22.5 Å². The van der Waals surface area contributed by atoms with E-state index in [2.05, 4.69) is 16.1 Å². The quantitative estimate of drug-likeness (QED) is 0.504. The number of likely N-dealkylation sites (tertiary alicyclic amines) is 3. The first-order valence-electron chi connectivity index (χ1n) is 14.5. The molecule has 1 aliphatic carbocycles. The molecule has 6 rings (SSSR count). The average Bonchev–Trinajstić information content (AvgIpc) is 3.72. The van der Waals surface area contributed by atoms with Gasteiger partial charge < -0.3 is 19.2 Å². The predicted octanol–water partition coefficient (Wildman–Crippen LogP) is 5.36. The van der Waals surface area contributed by atoms with E-state index >= 15 is 0 Å². The van der Waals surface area contributed by atoms with Crippen LogP contribution in [0.3, 0.4) is 0 Å². The van der Waals surface area contributed by atoms with E-state index in [1.807, 2.05) is 0 Å². The maximum absolute atomic E-state index is 13.6. The van der Waals surface area contributed by atoms with Crippen molar-refractivity contribution in [2.24, 2.45) is 5.92 Å². The Hall–Kier alpha value is -3.13. The number of halogens is 3. The van der Waals surface area contributed by atoms with E-state index in [-0.39, 0.29) is 29.7 Å². The Kier molecular flexibility index (Phi) is 7.46. The van der Waals surface area contributed by atoms with Gasteiger partial charge in [0.25, 0.3) is 0 Å². The number of piperidine rings is 3. The SMILES string of the molecule is N#CC1CCN(C(=O)N2CC(c3ccc(C(F)(F)F)cc3)CC(c3nc(C4CCN(C5CC5)CC4)no3)C2)CC1. The third-order valence-electron chi connectivity index (χ3n) is 9.14. The monoisotopic (exact) mass is 556 g/mol. The van der Waals surface area contributed by atoms with Gasteiger partial charge in [0.2, 0.25) is 5.89 Å². The number of hydrogen-bond acceptors (Lipinski definition) is 6. The molecule has 2 amide bonds. The summed E-state index contributed by atoms with van der Waals surface area (Å²) in [7, 11) is 0. The molecule has 2 atom stereocenters. The Morgan fingerprint density at radius 3 is 2.20 bits per heavy atom. The first-order chi connectivity index (χ1) is 19.3. The summed E-state index contributed by atoms with van der Waals surface area (Å²) in [6, 6.07) is 8.19. The van der Waals surface area contributed by atoms with Gasteiger partial charge in [0.05, 0.1) is 17.6 Å². The third-order valence-corrected chi connectivity index (χ3v) is 9.14. The lowest BCUT2D eigenvalue weighted by molar-refractivity contribution is -0.137. The second kappa shape index (κ2) is 11.0. The number of nitrogens with zero attached hydrogens (tertiary/aromatic N) is 6. The van der Waals surface area contributed by atoms with Crippen molar-refractivity contribution in [3.63, 3.8) is 0 Å². The number of nitriles is 1. The van der Waals surface area contributed by atoms with Crippen molar-refractivity contribution in [2.75, 3.05) is 39.3 Å². The van der Waals surface area contributed by atoms with E-state index in [1.54, 1.807) is 9.80 Å². The molecule has 0 bridgehead atoms. The largest absolute Gasteiger partial charge is 0.416 e. The van der Waals surface area contributed by atoms with Crippen molar-refractivity contribution >= 4 is 6.03 Å². The fraction of sp³-hybridized carbons (Fsp3) is 0.655. The predicted molar refractivity (Wildman–Crippen MR) is 139 cm³/mol. The Morgan fingerprint density at radius 2 is 1.57 bits per heavy atom. The van der Waals surface area contributed by atoms with Gasteiger partial charge >= 0.3 is 12.2 Å². The van der Waals surface area contributed by atoms with Gasteiger partial charge in [-0.3, -0.25) is 0 Å². The molecule has 0 radical (unpaired) electrons. The highest BCUT2D eigenvalue weighted by molar-refractivity contribution is 5.75. The lowest BCUT2D eigenvalue weighted by Crippen LogP contribution is -2.51. The van der Waals surface area contributed by atoms with E-state index in [1.165, 1.54) is 25.0 Å². The van der Waals surface area contributed by atoms with Crippen LogP contribution >= 0.6 is 0 Å². The molecule has 2 aromatic rings. The number of carbonyl (C=O) groups is 1. The van der Waals surface area contributed by atoms with Gasteiger partial charge in [0.1, 0.15) is 0 Å². The topological polar surface area (TPSA) is 89.5 Å². The average molecular weight is 557 g/mol. The zero-order valence-corrected chi connectivity index (χ0v) is 22.5. The van der Waals surface area contributed by atoms with Crippen molar-refractivity contribution in [3.05, 3.63) is 47.1 Å². The van der Waals surface area contributed by atoms with Crippen LogP contribution in [0.2, 0.25) is 0 Å². The summed E-state index contributed by atoms with van der Waals surface area (Å²) in [4.78, 5) is 24.5. The van der Waals surface area contributed by atoms with Crippen LogP contribution < -0.4 is 0 Å². The maximum Gasteiger partial charge on any atom is 0.416 e. The Labute approximate surface area is 232 Å². The number of hydrogen-bond donors (Lipinski definition) is 0. The van der Waals surface area contributed by atoms with Gasteiger partial charge in [-0.2, -0.15) is 23.4 Å². The summed E-state index contributed by atoms with van der Waals surface area (Å²) >= 11 is 0. The second-order valence-corrected chi connectivity index (χ2v) is 11.9. The van der Waals surface area contributed by atoms with Crippen LogP contribution in [0.5, 0.6) is 0 Å². The Bertz CT molecular complexity index is 1220. The molecule has 0 spiro atoms. The smallest absolute Gasteiger partial charge is 0.339 e. The van der Waals surface area contributed by atoms with E-state index < -0.39 is 11.7 Å². The number of rotatable bonds is 4. The van der Waals surface area contributed by atoms with E-state index in [0.29, 0.717) is 51.3 Å². The number of benzene rings is 1. The van der Waals surface area contributed by atoms with Gasteiger partial charge in [-0.25, -0.2) is 4.79 Å². The number of aromatic nitrogens is 2. The van der Waals surface area contributed by atoms with Crippen LogP contribution in [0.4, 0.5) is 18.0 Å². The number of alkyl halides is 3. The highest BCUT2D eigenvalue weighted by atomic mass is 19.4. The molecule has 3 saturated heterocycles. The summed E-state index contributed by atoms with van der Waals surface area (Å²) in [6.07, 6.45) is 2.08. The molecule has 4 aliphatic rings. The molecule has 11 heteroatoms. The number of amides is 2. The van der Waals surface area contributed by atoms with Gasteiger partial charge in [-0.05, 0) is 75.7 Å². The summed E-state index contributed by atoms with van der Waals surface area (Å²) in [5, 5.41) is 13.6. The molecular weight excluding hydrogens is 521 g/mol. The molecule has 1 aromatic carbocycles. The van der Waals surface area contributed by atoms with Crippen LogP contribution in [0.1, 0.15) is 85.5 Å². The molecule has 1 saturated carbocycles. The molecule has 1 aromatic heterocycles. The fourth-order valence-electron chi connectivity index (χ4n) is 6.56. The van der Waals surface area contributed by atoms with Gasteiger partial charge in [-0.15, -0.1) is 0 Å². The summed E-state index contributed by atoms with van der Waals surface area (Å²) in [5.41, 5.74) is 0.0667. The first kappa shape index (κ1) is 27.1. The number of urea groups is 1. The molecule has 3 aliphatic heterocycles. The Balaban J connectivity index is 1.19. The minimum atomic E-state index is -4.40. The van der Waals surface area contributed by atoms with Crippen LogP contribution in [0, 0.1) is 17.2 Å². The van der Waals surface area contributed by atoms with Crippen molar-refractivity contribution in [1.29, 1.82) is 5.26 Å². The molecule has 40 heavy (non-hydrogen) atoms. The standard InChI is InChI=1S/C29H35F3N6O2/c30-29(31,32)24-3-1-20(2-4-24)22-15-23(18-38(17-22)28(39)37-11-7-19(16-33)8-12-37)27-34-26(35-40-27)21-9-13-36(14-10-21)25-5-6-25/h1-4,19,21-23,25H,5-15,17-18H2. The minimum Gasteiger partial charge on any atom is -0.339 e. The lowest BCUT2D eigenvalue weighted by atomic mass is 9.84. The summed E-state index contributed by atoms with van der Waals surface area (Å²) < 4.78 is 45.3. The van der Waals surface area contributed by atoms with Crippen LogP contribution in [-0.4, -0.2) is 76.2 Å². The van der Waals surface area contributed by atoms with Crippen molar-refractivity contribution in [2.45, 2.75) is 74.9 Å². The zero-order chi connectivity index (χ0) is 27.9. The third kappa shape index (κ3) is 5.82. The van der Waals surface area contributed by atoms with Crippen molar-refractivity contribution in [1.82, 2.24) is 24.8 Å². The maximum atomic E-state index is 13.6. The first-order valence-corrected chi connectivity index (χ1v) is 14.5. The van der Waals surface area contributed by atoms with Gasteiger partial charge in [0.15, 0.2) is 5.82 Å². The molecular formula is C29H35F3N6O2. The molecule has 4 heterocycles. The summed E-state index contributed by atoms with van der Waals surface area (Å²) in [6.45, 7) is 3.95. The van der Waals surface area contributed by atoms with E-state index in [0.717, 1.165) is 55.5 Å². The lowest BCUT2D eigenvalue weighted by Gasteiger charge is -2.40. The van der Waals surface area contributed by atoms with Gasteiger partial charge in [0, 0.05) is 50.0 Å².